The number of ether oxygens (including phenoxy) is 1. The van der Waals surface area contributed by atoms with Gasteiger partial charge in [0, 0.05) is 11.5 Å². The topological polar surface area (TPSA) is 55.4 Å². The van der Waals surface area contributed by atoms with Crippen LogP contribution in [0.25, 0.3) is 0 Å². The van der Waals surface area contributed by atoms with Crippen molar-refractivity contribution in [1.29, 1.82) is 0 Å². The SMILES string of the molecule is CC[C@H](NS(=O)(=O)CC[C@H]1CCCO1)c1cccs1. The van der Waals surface area contributed by atoms with Gasteiger partial charge in [-0.3, -0.25) is 0 Å². The summed E-state index contributed by atoms with van der Waals surface area (Å²) in [6.07, 6.45) is 3.51. The molecule has 1 saturated heterocycles. The minimum atomic E-state index is -3.23. The molecule has 0 saturated carbocycles. The summed E-state index contributed by atoms with van der Waals surface area (Å²) in [5.74, 6) is 0.152. The van der Waals surface area contributed by atoms with E-state index in [1.165, 1.54) is 0 Å². The molecule has 0 aliphatic carbocycles. The molecule has 1 N–H and O–H groups in total. The quantitative estimate of drug-likeness (QED) is 0.842. The maximum absolute atomic E-state index is 12.1. The zero-order valence-corrected chi connectivity index (χ0v) is 12.8. The van der Waals surface area contributed by atoms with Crippen molar-refractivity contribution >= 4 is 21.4 Å². The van der Waals surface area contributed by atoms with Crippen LogP contribution in [0.2, 0.25) is 0 Å². The van der Waals surface area contributed by atoms with Gasteiger partial charge in [0.1, 0.15) is 0 Å². The van der Waals surface area contributed by atoms with Crippen LogP contribution in [0.15, 0.2) is 17.5 Å². The lowest BCUT2D eigenvalue weighted by Gasteiger charge is -2.16. The van der Waals surface area contributed by atoms with Crippen LogP contribution in [0.4, 0.5) is 0 Å². The molecule has 2 rings (SSSR count). The normalized spacial score (nSPS) is 21.6. The number of thiophene rings is 1. The maximum atomic E-state index is 12.1. The molecule has 0 aromatic carbocycles. The summed E-state index contributed by atoms with van der Waals surface area (Å²) in [7, 11) is -3.23. The Morgan fingerprint density at radius 1 is 1.58 bits per heavy atom. The lowest BCUT2D eigenvalue weighted by molar-refractivity contribution is 0.108. The molecule has 1 aromatic rings. The van der Waals surface area contributed by atoms with Gasteiger partial charge in [-0.15, -0.1) is 11.3 Å². The van der Waals surface area contributed by atoms with E-state index in [-0.39, 0.29) is 17.9 Å². The van der Waals surface area contributed by atoms with Crippen molar-refractivity contribution in [2.45, 2.75) is 44.8 Å². The van der Waals surface area contributed by atoms with Crippen molar-refractivity contribution in [2.24, 2.45) is 0 Å². The minimum absolute atomic E-state index is 0.102. The first kappa shape index (κ1) is 15.0. The largest absolute Gasteiger partial charge is 0.378 e. The van der Waals surface area contributed by atoms with Crippen LogP contribution in [-0.2, 0) is 14.8 Å². The molecule has 1 aliphatic rings. The zero-order chi connectivity index (χ0) is 13.7. The van der Waals surface area contributed by atoms with Crippen LogP contribution in [0, 0.1) is 0 Å². The molecule has 0 amide bonds. The van der Waals surface area contributed by atoms with Crippen molar-refractivity contribution in [3.8, 4) is 0 Å². The fraction of sp³-hybridized carbons (Fsp3) is 0.692. The Morgan fingerprint density at radius 3 is 3.00 bits per heavy atom. The van der Waals surface area contributed by atoms with Gasteiger partial charge in [-0.25, -0.2) is 13.1 Å². The van der Waals surface area contributed by atoms with E-state index in [0.29, 0.717) is 6.42 Å². The van der Waals surface area contributed by atoms with Crippen LogP contribution in [-0.4, -0.2) is 26.9 Å². The van der Waals surface area contributed by atoms with Crippen LogP contribution in [0.3, 0.4) is 0 Å². The summed E-state index contributed by atoms with van der Waals surface area (Å²) < 4.78 is 32.4. The average Bonchev–Trinajstić information content (AvgIpc) is 3.06. The lowest BCUT2D eigenvalue weighted by atomic mass is 10.2. The molecule has 1 aromatic heterocycles. The van der Waals surface area contributed by atoms with Crippen molar-refractivity contribution in [3.63, 3.8) is 0 Å². The predicted octanol–water partition coefficient (Wildman–Crippen LogP) is 2.69. The summed E-state index contributed by atoms with van der Waals surface area (Å²) in [4.78, 5) is 1.07. The summed E-state index contributed by atoms with van der Waals surface area (Å²) in [5, 5.41) is 1.97. The third kappa shape index (κ3) is 4.56. The molecule has 1 fully saturated rings. The molecule has 0 radical (unpaired) electrons. The van der Waals surface area contributed by atoms with Gasteiger partial charge in [-0.2, -0.15) is 0 Å². The third-order valence-electron chi connectivity index (χ3n) is 3.35. The molecule has 19 heavy (non-hydrogen) atoms. The molecule has 1 aliphatic heterocycles. The lowest BCUT2D eigenvalue weighted by Crippen LogP contribution is -2.31. The van der Waals surface area contributed by atoms with Crippen molar-refractivity contribution in [3.05, 3.63) is 22.4 Å². The Hall–Kier alpha value is -0.430. The van der Waals surface area contributed by atoms with Gasteiger partial charge in [0.15, 0.2) is 0 Å². The number of sulfonamides is 1. The Kier molecular flexibility index (Phi) is 5.38. The van der Waals surface area contributed by atoms with Crippen LogP contribution >= 0.6 is 11.3 Å². The molecular weight excluding hydrogens is 282 g/mol. The van der Waals surface area contributed by atoms with Gasteiger partial charge in [-0.05, 0) is 37.1 Å². The summed E-state index contributed by atoms with van der Waals surface area (Å²) in [5.41, 5.74) is 0. The highest BCUT2D eigenvalue weighted by molar-refractivity contribution is 7.89. The first-order valence-electron chi connectivity index (χ1n) is 6.75. The highest BCUT2D eigenvalue weighted by Crippen LogP contribution is 2.23. The van der Waals surface area contributed by atoms with Gasteiger partial charge < -0.3 is 4.74 Å². The van der Waals surface area contributed by atoms with Gasteiger partial charge in [0.05, 0.1) is 17.9 Å². The second kappa shape index (κ2) is 6.83. The molecule has 0 bridgehead atoms. The van der Waals surface area contributed by atoms with E-state index >= 15 is 0 Å². The van der Waals surface area contributed by atoms with Gasteiger partial charge in [0.2, 0.25) is 10.0 Å². The molecule has 0 unspecified atom stereocenters. The molecule has 4 nitrogen and oxygen atoms in total. The van der Waals surface area contributed by atoms with Gasteiger partial charge in [-0.1, -0.05) is 13.0 Å². The monoisotopic (exact) mass is 303 g/mol. The van der Waals surface area contributed by atoms with Crippen molar-refractivity contribution in [1.82, 2.24) is 4.72 Å². The van der Waals surface area contributed by atoms with E-state index in [2.05, 4.69) is 4.72 Å². The molecule has 108 valence electrons. The number of rotatable bonds is 7. The third-order valence-corrected chi connectivity index (χ3v) is 5.75. The summed E-state index contributed by atoms with van der Waals surface area (Å²) in [6, 6.07) is 3.82. The van der Waals surface area contributed by atoms with Crippen LogP contribution in [0.5, 0.6) is 0 Å². The smallest absolute Gasteiger partial charge is 0.212 e. The summed E-state index contributed by atoms with van der Waals surface area (Å²) in [6.45, 7) is 2.76. The first-order valence-corrected chi connectivity index (χ1v) is 9.29. The van der Waals surface area contributed by atoms with Crippen LogP contribution in [0.1, 0.15) is 43.5 Å². The Labute approximate surface area is 119 Å². The van der Waals surface area contributed by atoms with E-state index in [9.17, 15) is 8.42 Å². The van der Waals surface area contributed by atoms with E-state index in [4.69, 9.17) is 4.74 Å². The van der Waals surface area contributed by atoms with E-state index in [1.807, 2.05) is 24.4 Å². The first-order chi connectivity index (χ1) is 9.11. The fourth-order valence-electron chi connectivity index (χ4n) is 2.27. The second-order valence-electron chi connectivity index (χ2n) is 4.84. The van der Waals surface area contributed by atoms with E-state index < -0.39 is 10.0 Å². The molecule has 2 atom stereocenters. The van der Waals surface area contributed by atoms with E-state index in [1.54, 1.807) is 11.3 Å². The predicted molar refractivity (Wildman–Crippen MR) is 77.9 cm³/mol. The second-order valence-corrected chi connectivity index (χ2v) is 7.69. The highest BCUT2D eigenvalue weighted by atomic mass is 32.2. The fourth-order valence-corrected chi connectivity index (χ4v) is 4.62. The van der Waals surface area contributed by atoms with Gasteiger partial charge >= 0.3 is 0 Å². The maximum Gasteiger partial charge on any atom is 0.212 e. The van der Waals surface area contributed by atoms with Crippen molar-refractivity contribution < 1.29 is 13.2 Å². The standard InChI is InChI=1S/C13H21NO3S2/c1-2-12(13-6-4-9-18-13)14-19(15,16)10-7-11-5-3-8-17-11/h4,6,9,11-12,14H,2-3,5,7-8,10H2,1H3/t11-,12+/m1/s1. The Bertz CT molecular complexity index is 464. The summed E-state index contributed by atoms with van der Waals surface area (Å²) >= 11 is 1.59. The molecule has 2 heterocycles. The van der Waals surface area contributed by atoms with E-state index in [0.717, 1.165) is 30.7 Å². The molecule has 6 heteroatoms. The van der Waals surface area contributed by atoms with Crippen molar-refractivity contribution in [2.75, 3.05) is 12.4 Å². The zero-order valence-electron chi connectivity index (χ0n) is 11.2. The molecular formula is C13H21NO3S2. The minimum Gasteiger partial charge on any atom is -0.378 e. The Morgan fingerprint density at radius 2 is 2.42 bits per heavy atom. The average molecular weight is 303 g/mol. The van der Waals surface area contributed by atoms with Crippen LogP contribution < -0.4 is 4.72 Å². The molecule has 0 spiro atoms. The number of nitrogens with one attached hydrogen (secondary N) is 1. The number of hydrogen-bond acceptors (Lipinski definition) is 4. The Balaban J connectivity index is 1.88. The van der Waals surface area contributed by atoms with Gasteiger partial charge in [0.25, 0.3) is 0 Å². The highest BCUT2D eigenvalue weighted by Gasteiger charge is 2.22. The number of hydrogen-bond donors (Lipinski definition) is 1.